The molecular weight excluding hydrogens is 304 g/mol. The van der Waals surface area contributed by atoms with E-state index in [0.717, 1.165) is 17.7 Å². The zero-order valence-electron chi connectivity index (χ0n) is 13.1. The van der Waals surface area contributed by atoms with E-state index in [0.29, 0.717) is 36.5 Å². The largest absolute Gasteiger partial charge is 0.310 e. The number of hydrogen-bond acceptors (Lipinski definition) is 4. The maximum Gasteiger partial charge on any atom is 0.244 e. The van der Waals surface area contributed by atoms with Crippen LogP contribution in [0.3, 0.4) is 0 Å². The lowest BCUT2D eigenvalue weighted by molar-refractivity contribution is 0.250. The summed E-state index contributed by atoms with van der Waals surface area (Å²) >= 11 is 1.52. The molecule has 1 heterocycles. The zero-order valence-corrected chi connectivity index (χ0v) is 14.8. The summed E-state index contributed by atoms with van der Waals surface area (Å²) in [4.78, 5) is 1.40. The Kier molecular flexibility index (Phi) is 5.82. The van der Waals surface area contributed by atoms with Gasteiger partial charge in [0.25, 0.3) is 0 Å². The molecule has 0 aliphatic heterocycles. The third kappa shape index (κ3) is 4.06. The number of hydrogen-bond donors (Lipinski definition) is 1. The number of nitrogens with one attached hydrogen (secondary N) is 1. The van der Waals surface area contributed by atoms with Crippen molar-refractivity contribution in [3.63, 3.8) is 0 Å². The minimum Gasteiger partial charge on any atom is -0.310 e. The molecule has 0 aromatic carbocycles. The molecule has 1 fully saturated rings. The van der Waals surface area contributed by atoms with Gasteiger partial charge in [-0.2, -0.15) is 4.31 Å². The van der Waals surface area contributed by atoms with Crippen LogP contribution in [-0.2, 0) is 16.6 Å². The first-order chi connectivity index (χ1) is 9.95. The molecule has 0 atom stereocenters. The molecule has 6 heteroatoms. The molecule has 1 aliphatic carbocycles. The third-order valence-electron chi connectivity index (χ3n) is 4.03. The van der Waals surface area contributed by atoms with Crippen molar-refractivity contribution in [2.45, 2.75) is 57.5 Å². The fourth-order valence-electron chi connectivity index (χ4n) is 2.48. The van der Waals surface area contributed by atoms with E-state index in [1.54, 1.807) is 10.4 Å². The van der Waals surface area contributed by atoms with Gasteiger partial charge in [0.15, 0.2) is 0 Å². The minimum absolute atomic E-state index is 0.347. The molecule has 1 aliphatic rings. The lowest BCUT2D eigenvalue weighted by Crippen LogP contribution is -2.37. The standard InChI is InChI=1S/C15H26N2O2S2/c1-4-17(11-13-6-5-7-13)21(18,19)15-8-9-20-14(15)10-16-12(2)3/h8-9,12-13,16H,4-7,10-11H2,1-3H3. The molecule has 0 amide bonds. The van der Waals surface area contributed by atoms with E-state index in [4.69, 9.17) is 0 Å². The minimum atomic E-state index is -3.35. The van der Waals surface area contributed by atoms with Crippen molar-refractivity contribution in [1.29, 1.82) is 0 Å². The van der Waals surface area contributed by atoms with E-state index in [9.17, 15) is 8.42 Å². The summed E-state index contributed by atoms with van der Waals surface area (Å²) < 4.78 is 27.4. The molecule has 0 bridgehead atoms. The van der Waals surface area contributed by atoms with Crippen LogP contribution in [-0.4, -0.2) is 31.9 Å². The molecule has 4 nitrogen and oxygen atoms in total. The topological polar surface area (TPSA) is 49.4 Å². The van der Waals surface area contributed by atoms with Crippen LogP contribution in [0.25, 0.3) is 0 Å². The molecule has 1 aromatic heterocycles. The molecule has 1 saturated carbocycles. The smallest absolute Gasteiger partial charge is 0.244 e. The summed E-state index contributed by atoms with van der Waals surface area (Å²) in [7, 11) is -3.35. The predicted octanol–water partition coefficient (Wildman–Crippen LogP) is 3.06. The third-order valence-corrected chi connectivity index (χ3v) is 7.11. The average molecular weight is 331 g/mol. The molecule has 0 radical (unpaired) electrons. The average Bonchev–Trinajstić information content (AvgIpc) is 2.83. The van der Waals surface area contributed by atoms with Crippen LogP contribution in [0.5, 0.6) is 0 Å². The zero-order chi connectivity index (χ0) is 15.5. The van der Waals surface area contributed by atoms with Crippen LogP contribution in [0.15, 0.2) is 16.3 Å². The molecule has 1 aromatic rings. The van der Waals surface area contributed by atoms with Gasteiger partial charge in [-0.3, -0.25) is 0 Å². The van der Waals surface area contributed by atoms with Gasteiger partial charge in [-0.25, -0.2) is 8.42 Å². The van der Waals surface area contributed by atoms with Crippen molar-refractivity contribution in [3.8, 4) is 0 Å². The van der Waals surface area contributed by atoms with Crippen LogP contribution in [0, 0.1) is 5.92 Å². The van der Waals surface area contributed by atoms with E-state index in [2.05, 4.69) is 19.2 Å². The molecule has 120 valence electrons. The van der Waals surface area contributed by atoms with E-state index < -0.39 is 10.0 Å². The van der Waals surface area contributed by atoms with E-state index in [-0.39, 0.29) is 0 Å². The van der Waals surface area contributed by atoms with Gasteiger partial charge in [0.1, 0.15) is 0 Å². The first kappa shape index (κ1) is 16.9. The van der Waals surface area contributed by atoms with Crippen molar-refractivity contribution in [2.24, 2.45) is 5.92 Å². The van der Waals surface area contributed by atoms with Gasteiger partial charge >= 0.3 is 0 Å². The number of nitrogens with zero attached hydrogens (tertiary/aromatic N) is 1. The first-order valence-corrected chi connectivity index (χ1v) is 10.1. The normalized spacial score (nSPS) is 16.6. The molecule has 2 rings (SSSR count). The first-order valence-electron chi connectivity index (χ1n) is 7.75. The number of thiophene rings is 1. The van der Waals surface area contributed by atoms with Crippen molar-refractivity contribution in [2.75, 3.05) is 13.1 Å². The highest BCUT2D eigenvalue weighted by molar-refractivity contribution is 7.89. The Hall–Kier alpha value is -0.430. The van der Waals surface area contributed by atoms with Crippen LogP contribution < -0.4 is 5.32 Å². The van der Waals surface area contributed by atoms with Gasteiger partial charge in [0, 0.05) is 30.6 Å². The highest BCUT2D eigenvalue weighted by Crippen LogP contribution is 2.31. The maximum atomic E-state index is 12.9. The van der Waals surface area contributed by atoms with Gasteiger partial charge in [0.2, 0.25) is 10.0 Å². The lowest BCUT2D eigenvalue weighted by atomic mass is 9.85. The monoisotopic (exact) mass is 330 g/mol. The maximum absolute atomic E-state index is 12.9. The van der Waals surface area contributed by atoms with Crippen molar-refractivity contribution < 1.29 is 8.42 Å². The predicted molar refractivity (Wildman–Crippen MR) is 88.1 cm³/mol. The van der Waals surface area contributed by atoms with Crippen LogP contribution in [0.2, 0.25) is 0 Å². The van der Waals surface area contributed by atoms with Crippen LogP contribution >= 0.6 is 11.3 Å². The van der Waals surface area contributed by atoms with Gasteiger partial charge in [0.05, 0.1) is 4.90 Å². The van der Waals surface area contributed by atoms with Crippen LogP contribution in [0.4, 0.5) is 0 Å². The fourth-order valence-corrected chi connectivity index (χ4v) is 5.37. The van der Waals surface area contributed by atoms with Crippen molar-refractivity contribution in [3.05, 3.63) is 16.3 Å². The SMILES string of the molecule is CCN(CC1CCC1)S(=O)(=O)c1ccsc1CNC(C)C. The molecular formula is C15H26N2O2S2. The van der Waals surface area contributed by atoms with Crippen LogP contribution in [0.1, 0.15) is 44.9 Å². The van der Waals surface area contributed by atoms with Gasteiger partial charge in [-0.05, 0) is 30.2 Å². The summed E-state index contributed by atoms with van der Waals surface area (Å²) in [6.45, 7) is 7.89. The Morgan fingerprint density at radius 1 is 1.43 bits per heavy atom. The van der Waals surface area contributed by atoms with Crippen molar-refractivity contribution in [1.82, 2.24) is 9.62 Å². The van der Waals surface area contributed by atoms with Gasteiger partial charge < -0.3 is 5.32 Å². The summed E-state index contributed by atoms with van der Waals surface area (Å²) in [6.07, 6.45) is 3.57. The van der Waals surface area contributed by atoms with Crippen molar-refractivity contribution >= 4 is 21.4 Å². The summed E-state index contributed by atoms with van der Waals surface area (Å²) in [5.74, 6) is 0.551. The highest BCUT2D eigenvalue weighted by atomic mass is 32.2. The molecule has 0 saturated heterocycles. The van der Waals surface area contributed by atoms with E-state index in [1.165, 1.54) is 17.8 Å². The molecule has 21 heavy (non-hydrogen) atoms. The molecule has 0 spiro atoms. The quantitative estimate of drug-likeness (QED) is 0.797. The Morgan fingerprint density at radius 3 is 2.67 bits per heavy atom. The Morgan fingerprint density at radius 2 is 2.14 bits per heavy atom. The van der Waals surface area contributed by atoms with E-state index >= 15 is 0 Å². The Balaban J connectivity index is 2.15. The Bertz CT molecular complexity index is 548. The number of rotatable bonds is 8. The van der Waals surface area contributed by atoms with Gasteiger partial charge in [-0.15, -0.1) is 11.3 Å². The second-order valence-corrected chi connectivity index (χ2v) is 8.90. The second-order valence-electron chi connectivity index (χ2n) is 6.00. The molecule has 0 unspecified atom stereocenters. The Labute approximate surface area is 132 Å². The summed E-state index contributed by atoms with van der Waals surface area (Å²) in [5.41, 5.74) is 0. The van der Waals surface area contributed by atoms with E-state index in [1.807, 2.05) is 12.3 Å². The lowest BCUT2D eigenvalue weighted by Gasteiger charge is -2.31. The highest BCUT2D eigenvalue weighted by Gasteiger charge is 2.30. The number of sulfonamides is 1. The molecule has 1 N–H and O–H groups in total. The fraction of sp³-hybridized carbons (Fsp3) is 0.733. The summed E-state index contributed by atoms with van der Waals surface area (Å²) in [5, 5.41) is 5.18. The summed E-state index contributed by atoms with van der Waals surface area (Å²) in [6, 6.07) is 2.10. The van der Waals surface area contributed by atoms with Gasteiger partial charge in [-0.1, -0.05) is 27.2 Å². The second kappa shape index (κ2) is 7.22.